The number of anilines is 1. The van der Waals surface area contributed by atoms with Gasteiger partial charge < -0.3 is 14.6 Å². The second kappa shape index (κ2) is 11.0. The summed E-state index contributed by atoms with van der Waals surface area (Å²) in [7, 11) is 0. The number of rotatable bonds is 7. The lowest BCUT2D eigenvalue weighted by Crippen LogP contribution is -2.24. The van der Waals surface area contributed by atoms with Crippen LogP contribution in [0.2, 0.25) is 0 Å². The molecule has 180 valence electrons. The first-order chi connectivity index (χ1) is 17.8. The predicted molar refractivity (Wildman–Crippen MR) is 143 cm³/mol. The molecule has 1 aliphatic rings. The standard InChI is InChI=1S/C31H29N3O2/c32-21-27-29(23-13-5-1-6-14-23)30(24-15-7-2-8-16-24)34(25-17-9-3-10-18-25)31(27)33-28(35)22-36-26-19-11-4-12-20-26/h1-2,4-8,11-16,19-20,25H,3,9-10,17-18,22H2,(H,33,35). The third-order valence-corrected chi connectivity index (χ3v) is 6.74. The minimum Gasteiger partial charge on any atom is -0.484 e. The van der Waals surface area contributed by atoms with Crippen LogP contribution in [0.5, 0.6) is 5.75 Å². The van der Waals surface area contributed by atoms with Crippen molar-refractivity contribution in [1.82, 2.24) is 4.57 Å². The van der Waals surface area contributed by atoms with Gasteiger partial charge in [-0.3, -0.25) is 4.79 Å². The van der Waals surface area contributed by atoms with Crippen LogP contribution >= 0.6 is 0 Å². The van der Waals surface area contributed by atoms with Crippen molar-refractivity contribution in [3.05, 3.63) is 96.6 Å². The maximum absolute atomic E-state index is 13.1. The average molecular weight is 476 g/mol. The van der Waals surface area contributed by atoms with Gasteiger partial charge in [-0.15, -0.1) is 0 Å². The highest BCUT2D eigenvalue weighted by atomic mass is 16.5. The van der Waals surface area contributed by atoms with Gasteiger partial charge >= 0.3 is 0 Å². The van der Waals surface area contributed by atoms with Crippen LogP contribution in [0.1, 0.15) is 43.7 Å². The number of nitriles is 1. The first-order valence-corrected chi connectivity index (χ1v) is 12.5. The maximum Gasteiger partial charge on any atom is 0.263 e. The number of carbonyl (C=O) groups is 1. The van der Waals surface area contributed by atoms with E-state index in [0.29, 0.717) is 17.1 Å². The van der Waals surface area contributed by atoms with Crippen molar-refractivity contribution >= 4 is 11.7 Å². The molecular weight excluding hydrogens is 446 g/mol. The summed E-state index contributed by atoms with van der Waals surface area (Å²) in [4.78, 5) is 13.1. The number of nitrogens with one attached hydrogen (secondary N) is 1. The molecule has 1 N–H and O–H groups in total. The summed E-state index contributed by atoms with van der Waals surface area (Å²) < 4.78 is 7.92. The van der Waals surface area contributed by atoms with Crippen molar-refractivity contribution in [3.8, 4) is 34.2 Å². The number of hydrogen-bond donors (Lipinski definition) is 1. The van der Waals surface area contributed by atoms with Crippen molar-refractivity contribution < 1.29 is 9.53 Å². The molecule has 0 spiro atoms. The highest BCUT2D eigenvalue weighted by Gasteiger charge is 2.30. The second-order valence-electron chi connectivity index (χ2n) is 9.10. The lowest BCUT2D eigenvalue weighted by Gasteiger charge is -2.28. The Bertz CT molecular complexity index is 1350. The van der Waals surface area contributed by atoms with Gasteiger partial charge in [-0.2, -0.15) is 5.26 Å². The van der Waals surface area contributed by atoms with Crippen LogP contribution in [0.15, 0.2) is 91.0 Å². The molecule has 0 radical (unpaired) electrons. The molecule has 5 nitrogen and oxygen atoms in total. The maximum atomic E-state index is 13.1. The Balaban J connectivity index is 1.64. The first-order valence-electron chi connectivity index (χ1n) is 12.5. The Kier molecular flexibility index (Phi) is 7.14. The van der Waals surface area contributed by atoms with Crippen LogP contribution in [0, 0.1) is 11.3 Å². The van der Waals surface area contributed by atoms with E-state index in [0.717, 1.165) is 48.1 Å². The Morgan fingerprint density at radius 2 is 1.44 bits per heavy atom. The van der Waals surface area contributed by atoms with Crippen molar-refractivity contribution in [1.29, 1.82) is 5.26 Å². The molecule has 0 saturated heterocycles. The summed E-state index contributed by atoms with van der Waals surface area (Å²) >= 11 is 0. The lowest BCUT2D eigenvalue weighted by molar-refractivity contribution is -0.118. The largest absolute Gasteiger partial charge is 0.484 e. The van der Waals surface area contributed by atoms with Gasteiger partial charge in [0.05, 0.1) is 5.69 Å². The first kappa shape index (κ1) is 23.4. The molecule has 1 aromatic heterocycles. The van der Waals surface area contributed by atoms with E-state index in [4.69, 9.17) is 4.74 Å². The Morgan fingerprint density at radius 3 is 2.06 bits per heavy atom. The molecule has 5 heteroatoms. The zero-order valence-corrected chi connectivity index (χ0v) is 20.2. The molecule has 1 saturated carbocycles. The summed E-state index contributed by atoms with van der Waals surface area (Å²) in [6.45, 7) is -0.133. The average Bonchev–Trinajstić information content (AvgIpc) is 3.27. The number of carbonyl (C=O) groups excluding carboxylic acids is 1. The van der Waals surface area contributed by atoms with Crippen LogP contribution in [-0.2, 0) is 4.79 Å². The number of aromatic nitrogens is 1. The minimum atomic E-state index is -0.288. The fraction of sp³-hybridized carbons (Fsp3) is 0.226. The van der Waals surface area contributed by atoms with E-state index in [2.05, 4.69) is 28.1 Å². The number of nitrogens with zero attached hydrogens (tertiary/aromatic N) is 2. The Labute approximate surface area is 212 Å². The van der Waals surface area contributed by atoms with E-state index in [1.165, 1.54) is 6.42 Å². The van der Waals surface area contributed by atoms with E-state index >= 15 is 0 Å². The van der Waals surface area contributed by atoms with Crippen molar-refractivity contribution in [2.24, 2.45) is 0 Å². The highest BCUT2D eigenvalue weighted by molar-refractivity contribution is 5.98. The number of ether oxygens (including phenoxy) is 1. The van der Waals surface area contributed by atoms with E-state index < -0.39 is 0 Å². The van der Waals surface area contributed by atoms with E-state index in [1.807, 2.05) is 78.9 Å². The molecule has 1 heterocycles. The molecule has 3 aromatic carbocycles. The summed E-state index contributed by atoms with van der Waals surface area (Å²) in [6, 6.07) is 32.1. The van der Waals surface area contributed by atoms with Gasteiger partial charge in [0.25, 0.3) is 5.91 Å². The van der Waals surface area contributed by atoms with Gasteiger partial charge in [0.2, 0.25) is 0 Å². The number of para-hydroxylation sites is 1. The zero-order chi connectivity index (χ0) is 24.7. The van der Waals surface area contributed by atoms with Gasteiger partial charge in [0.15, 0.2) is 6.61 Å². The molecule has 4 aromatic rings. The second-order valence-corrected chi connectivity index (χ2v) is 9.10. The van der Waals surface area contributed by atoms with Crippen LogP contribution in [-0.4, -0.2) is 17.1 Å². The van der Waals surface area contributed by atoms with Crippen LogP contribution in [0.4, 0.5) is 5.82 Å². The van der Waals surface area contributed by atoms with Gasteiger partial charge in [0.1, 0.15) is 23.2 Å². The smallest absolute Gasteiger partial charge is 0.263 e. The van der Waals surface area contributed by atoms with E-state index in [9.17, 15) is 10.1 Å². The summed E-state index contributed by atoms with van der Waals surface area (Å²) in [5.41, 5.74) is 4.30. The predicted octanol–water partition coefficient (Wildman–Crippen LogP) is 7.22. The van der Waals surface area contributed by atoms with Gasteiger partial charge in [-0.25, -0.2) is 0 Å². The Hall–Kier alpha value is -4.30. The number of amides is 1. The monoisotopic (exact) mass is 475 g/mol. The molecule has 0 aliphatic heterocycles. The van der Waals surface area contributed by atoms with Gasteiger partial charge in [-0.1, -0.05) is 98.1 Å². The molecule has 0 unspecified atom stereocenters. The quantitative estimate of drug-likeness (QED) is 0.307. The number of hydrogen-bond acceptors (Lipinski definition) is 3. The molecule has 0 bridgehead atoms. The highest BCUT2D eigenvalue weighted by Crippen LogP contribution is 2.46. The SMILES string of the molecule is N#Cc1c(-c2ccccc2)c(-c2ccccc2)n(C2CCCCC2)c1NC(=O)COc1ccccc1. The van der Waals surface area contributed by atoms with E-state index in [1.54, 1.807) is 0 Å². The molecule has 5 rings (SSSR count). The molecule has 1 aliphatic carbocycles. The van der Waals surface area contributed by atoms with Gasteiger partial charge in [0, 0.05) is 11.6 Å². The van der Waals surface area contributed by atoms with Crippen LogP contribution < -0.4 is 10.1 Å². The molecule has 1 amide bonds. The summed E-state index contributed by atoms with van der Waals surface area (Å²) in [6.07, 6.45) is 5.49. The fourth-order valence-electron chi connectivity index (χ4n) is 5.12. The van der Waals surface area contributed by atoms with Crippen molar-refractivity contribution in [2.75, 3.05) is 11.9 Å². The molecular formula is C31H29N3O2. The lowest BCUT2D eigenvalue weighted by atomic mass is 9.94. The minimum absolute atomic E-state index is 0.133. The third-order valence-electron chi connectivity index (χ3n) is 6.74. The topological polar surface area (TPSA) is 67.0 Å². The summed E-state index contributed by atoms with van der Waals surface area (Å²) in [5, 5.41) is 13.5. The Morgan fingerprint density at radius 1 is 0.861 bits per heavy atom. The van der Waals surface area contributed by atoms with Gasteiger partial charge in [-0.05, 0) is 36.1 Å². The number of benzene rings is 3. The van der Waals surface area contributed by atoms with Crippen molar-refractivity contribution in [2.45, 2.75) is 38.1 Å². The third kappa shape index (κ3) is 4.89. The summed E-state index contributed by atoms with van der Waals surface area (Å²) in [5.74, 6) is 0.902. The van der Waals surface area contributed by atoms with Crippen molar-refractivity contribution in [3.63, 3.8) is 0 Å². The van der Waals surface area contributed by atoms with Crippen LogP contribution in [0.3, 0.4) is 0 Å². The molecule has 36 heavy (non-hydrogen) atoms. The molecule has 1 fully saturated rings. The fourth-order valence-corrected chi connectivity index (χ4v) is 5.12. The zero-order valence-electron chi connectivity index (χ0n) is 20.2. The van der Waals surface area contributed by atoms with Crippen LogP contribution in [0.25, 0.3) is 22.4 Å². The molecule has 0 atom stereocenters. The normalized spacial score (nSPS) is 13.6. The van der Waals surface area contributed by atoms with E-state index in [-0.39, 0.29) is 18.6 Å².